The maximum atomic E-state index is 11.5. The topological polar surface area (TPSA) is 56.8 Å². The Bertz CT molecular complexity index is 398. The molecule has 1 rings (SSSR count). The van der Waals surface area contributed by atoms with Gasteiger partial charge in [0.25, 0.3) is 0 Å². The monoisotopic (exact) mass is 267 g/mol. The zero-order valence-electron chi connectivity index (χ0n) is 11.9. The van der Waals surface area contributed by atoms with E-state index >= 15 is 0 Å². The van der Waals surface area contributed by atoms with Gasteiger partial charge in [0.1, 0.15) is 17.5 Å². The Kier molecular flexibility index (Phi) is 6.15. The van der Waals surface area contributed by atoms with Crippen molar-refractivity contribution in [3.63, 3.8) is 0 Å². The molecule has 1 aromatic rings. The summed E-state index contributed by atoms with van der Waals surface area (Å²) in [7, 11) is 3.21. The molecule has 19 heavy (non-hydrogen) atoms. The molecule has 0 aromatic heterocycles. The van der Waals surface area contributed by atoms with E-state index in [1.807, 2.05) is 12.1 Å². The fraction of sp³-hybridized carbons (Fsp3) is 0.500. The molecule has 0 fully saturated rings. The van der Waals surface area contributed by atoms with Crippen LogP contribution in [0.3, 0.4) is 0 Å². The van der Waals surface area contributed by atoms with Crippen LogP contribution in [0.2, 0.25) is 0 Å². The summed E-state index contributed by atoms with van der Waals surface area (Å²) in [5.74, 6) is 1.19. The van der Waals surface area contributed by atoms with Crippen LogP contribution in [0.5, 0.6) is 11.5 Å². The van der Waals surface area contributed by atoms with Gasteiger partial charge in [-0.05, 0) is 31.5 Å². The van der Waals surface area contributed by atoms with Crippen molar-refractivity contribution in [2.45, 2.75) is 26.4 Å². The third-order valence-corrected chi connectivity index (χ3v) is 2.66. The Morgan fingerprint density at radius 1 is 1.21 bits per heavy atom. The molecule has 0 saturated heterocycles. The molecule has 1 aromatic carbocycles. The molecule has 0 spiro atoms. The van der Waals surface area contributed by atoms with Gasteiger partial charge in [-0.15, -0.1) is 0 Å². The molecule has 0 heterocycles. The lowest BCUT2D eigenvalue weighted by Crippen LogP contribution is -2.34. The molecule has 5 nitrogen and oxygen atoms in total. The van der Waals surface area contributed by atoms with Gasteiger partial charge in [-0.2, -0.15) is 0 Å². The van der Waals surface area contributed by atoms with Gasteiger partial charge >= 0.3 is 5.97 Å². The maximum Gasteiger partial charge on any atom is 0.322 e. The van der Waals surface area contributed by atoms with E-state index < -0.39 is 0 Å². The molecule has 106 valence electrons. The van der Waals surface area contributed by atoms with Crippen LogP contribution in [0.25, 0.3) is 0 Å². The number of esters is 1. The second-order valence-electron chi connectivity index (χ2n) is 4.08. The molecule has 0 amide bonds. The lowest BCUT2D eigenvalue weighted by molar-refractivity contribution is -0.145. The number of rotatable bonds is 7. The van der Waals surface area contributed by atoms with Crippen LogP contribution in [0.4, 0.5) is 0 Å². The molecule has 0 aliphatic carbocycles. The maximum absolute atomic E-state index is 11.5. The van der Waals surface area contributed by atoms with Crippen molar-refractivity contribution >= 4 is 5.97 Å². The summed E-state index contributed by atoms with van der Waals surface area (Å²) in [6.07, 6.45) is 0. The highest BCUT2D eigenvalue weighted by Gasteiger charge is 2.13. The highest BCUT2D eigenvalue weighted by atomic mass is 16.5. The van der Waals surface area contributed by atoms with Crippen molar-refractivity contribution < 1.29 is 19.0 Å². The third-order valence-electron chi connectivity index (χ3n) is 2.66. The van der Waals surface area contributed by atoms with Crippen LogP contribution < -0.4 is 14.8 Å². The number of carbonyl (C=O) groups is 1. The smallest absolute Gasteiger partial charge is 0.322 e. The van der Waals surface area contributed by atoms with E-state index in [-0.39, 0.29) is 12.0 Å². The summed E-state index contributed by atoms with van der Waals surface area (Å²) in [5, 5.41) is 3.10. The van der Waals surface area contributed by atoms with E-state index in [0.717, 1.165) is 17.1 Å². The normalized spacial score (nSPS) is 11.8. The lowest BCUT2D eigenvalue weighted by Gasteiger charge is -2.13. The van der Waals surface area contributed by atoms with Crippen LogP contribution in [0.1, 0.15) is 19.4 Å². The van der Waals surface area contributed by atoms with Crippen LogP contribution >= 0.6 is 0 Å². The van der Waals surface area contributed by atoms with Gasteiger partial charge in [0, 0.05) is 12.6 Å². The summed E-state index contributed by atoms with van der Waals surface area (Å²) in [6.45, 7) is 4.48. The highest BCUT2D eigenvalue weighted by molar-refractivity contribution is 5.75. The minimum atomic E-state index is -0.350. The standard InChI is InChI=1S/C14H21NO4/c1-5-19-14(16)10(2)15-9-11-6-12(17-3)8-13(7-11)18-4/h6-8,10,15H,5,9H2,1-4H3. The number of ether oxygens (including phenoxy) is 3. The second-order valence-corrected chi connectivity index (χ2v) is 4.08. The van der Waals surface area contributed by atoms with Gasteiger partial charge in [-0.3, -0.25) is 4.79 Å². The first kappa shape index (κ1) is 15.3. The van der Waals surface area contributed by atoms with E-state index in [1.54, 1.807) is 34.1 Å². The largest absolute Gasteiger partial charge is 0.497 e. The first-order valence-electron chi connectivity index (χ1n) is 6.22. The van der Waals surface area contributed by atoms with Crippen LogP contribution in [-0.4, -0.2) is 32.8 Å². The minimum absolute atomic E-state index is 0.252. The van der Waals surface area contributed by atoms with Crippen molar-refractivity contribution in [1.29, 1.82) is 0 Å². The Hall–Kier alpha value is -1.75. The first-order chi connectivity index (χ1) is 9.10. The molecule has 0 aliphatic heterocycles. The van der Waals surface area contributed by atoms with Gasteiger partial charge in [-0.1, -0.05) is 0 Å². The quantitative estimate of drug-likeness (QED) is 0.763. The van der Waals surface area contributed by atoms with Crippen molar-refractivity contribution in [3.05, 3.63) is 23.8 Å². The molecule has 0 saturated carbocycles. The van der Waals surface area contributed by atoms with E-state index in [1.165, 1.54) is 0 Å². The average molecular weight is 267 g/mol. The number of hydrogen-bond acceptors (Lipinski definition) is 5. The Balaban J connectivity index is 2.64. The molecule has 1 unspecified atom stereocenters. The van der Waals surface area contributed by atoms with E-state index in [9.17, 15) is 4.79 Å². The summed E-state index contributed by atoms with van der Waals surface area (Å²) in [5.41, 5.74) is 0.979. The molecular formula is C14H21NO4. The zero-order valence-corrected chi connectivity index (χ0v) is 11.9. The fourth-order valence-corrected chi connectivity index (χ4v) is 1.59. The number of hydrogen-bond donors (Lipinski definition) is 1. The summed E-state index contributed by atoms with van der Waals surface area (Å²) < 4.78 is 15.3. The summed E-state index contributed by atoms with van der Waals surface area (Å²) in [6, 6.07) is 5.25. The summed E-state index contributed by atoms with van der Waals surface area (Å²) >= 11 is 0. The van der Waals surface area contributed by atoms with Gasteiger partial charge in [0.05, 0.1) is 20.8 Å². The van der Waals surface area contributed by atoms with Crippen LogP contribution in [0, 0.1) is 0 Å². The predicted molar refractivity (Wildman–Crippen MR) is 72.5 cm³/mol. The number of carbonyl (C=O) groups excluding carboxylic acids is 1. The Labute approximate surface area is 113 Å². The van der Waals surface area contributed by atoms with Gasteiger partial charge in [0.15, 0.2) is 0 Å². The fourth-order valence-electron chi connectivity index (χ4n) is 1.59. The minimum Gasteiger partial charge on any atom is -0.497 e. The second kappa shape index (κ2) is 7.63. The molecule has 0 radical (unpaired) electrons. The van der Waals surface area contributed by atoms with Crippen molar-refractivity contribution in [2.24, 2.45) is 0 Å². The van der Waals surface area contributed by atoms with Crippen LogP contribution in [0.15, 0.2) is 18.2 Å². The zero-order chi connectivity index (χ0) is 14.3. The van der Waals surface area contributed by atoms with Gasteiger partial charge in [-0.25, -0.2) is 0 Å². The average Bonchev–Trinajstić information content (AvgIpc) is 2.44. The Morgan fingerprint density at radius 3 is 2.26 bits per heavy atom. The predicted octanol–water partition coefficient (Wildman–Crippen LogP) is 1.75. The molecule has 0 bridgehead atoms. The van der Waals surface area contributed by atoms with Crippen molar-refractivity contribution in [3.8, 4) is 11.5 Å². The van der Waals surface area contributed by atoms with Crippen molar-refractivity contribution in [1.82, 2.24) is 5.32 Å². The van der Waals surface area contributed by atoms with Crippen LogP contribution in [-0.2, 0) is 16.1 Å². The van der Waals surface area contributed by atoms with E-state index in [0.29, 0.717) is 13.2 Å². The molecule has 5 heteroatoms. The Morgan fingerprint density at radius 2 is 1.79 bits per heavy atom. The van der Waals surface area contributed by atoms with E-state index in [4.69, 9.17) is 14.2 Å². The van der Waals surface area contributed by atoms with Gasteiger partial charge in [0.2, 0.25) is 0 Å². The first-order valence-corrected chi connectivity index (χ1v) is 6.22. The molecule has 1 atom stereocenters. The lowest BCUT2D eigenvalue weighted by atomic mass is 10.2. The third kappa shape index (κ3) is 4.79. The molecule has 0 aliphatic rings. The van der Waals surface area contributed by atoms with Gasteiger partial charge < -0.3 is 19.5 Å². The molecule has 1 N–H and O–H groups in total. The SMILES string of the molecule is CCOC(=O)C(C)NCc1cc(OC)cc(OC)c1. The molecular weight excluding hydrogens is 246 g/mol. The van der Waals surface area contributed by atoms with E-state index in [2.05, 4.69) is 5.32 Å². The summed E-state index contributed by atoms with van der Waals surface area (Å²) in [4.78, 5) is 11.5. The van der Waals surface area contributed by atoms with Crippen molar-refractivity contribution in [2.75, 3.05) is 20.8 Å². The highest BCUT2D eigenvalue weighted by Crippen LogP contribution is 2.22. The number of methoxy groups -OCH3 is 2. The number of nitrogens with one attached hydrogen (secondary N) is 1. The number of benzene rings is 1.